The van der Waals surface area contributed by atoms with E-state index >= 15 is 0 Å². The Bertz CT molecular complexity index is 282. The van der Waals surface area contributed by atoms with Gasteiger partial charge in [-0.3, -0.25) is 4.79 Å². The van der Waals surface area contributed by atoms with Gasteiger partial charge < -0.3 is 9.59 Å². The highest BCUT2D eigenvalue weighted by Gasteiger charge is 2.46. The van der Waals surface area contributed by atoms with E-state index in [1.54, 1.807) is 0 Å². The predicted octanol–water partition coefficient (Wildman–Crippen LogP) is 0.803. The number of hydrogen-bond acceptors (Lipinski definition) is 2. The normalized spacial score (nSPS) is 30.4. The SMILES string of the molecule is O=C1CC[N+]2(CCCCC2)C(C(=O)O)C1. The zero-order valence-electron chi connectivity index (χ0n) is 8.95. The third-order valence-corrected chi connectivity index (χ3v) is 3.91. The van der Waals surface area contributed by atoms with Crippen molar-refractivity contribution >= 4 is 11.8 Å². The summed E-state index contributed by atoms with van der Waals surface area (Å²) in [5, 5.41) is 9.21. The first kappa shape index (κ1) is 10.6. The third kappa shape index (κ3) is 1.91. The second-order valence-corrected chi connectivity index (χ2v) is 4.80. The summed E-state index contributed by atoms with van der Waals surface area (Å²) in [6, 6.07) is -0.466. The van der Waals surface area contributed by atoms with Crippen LogP contribution in [-0.4, -0.2) is 47.0 Å². The fraction of sp³-hybridized carbons (Fsp3) is 0.818. The molecule has 2 rings (SSSR count). The van der Waals surface area contributed by atoms with Crippen LogP contribution in [-0.2, 0) is 9.59 Å². The Kier molecular flexibility index (Phi) is 2.78. The van der Waals surface area contributed by atoms with E-state index < -0.39 is 12.0 Å². The zero-order valence-corrected chi connectivity index (χ0v) is 8.95. The first-order valence-corrected chi connectivity index (χ1v) is 5.74. The first-order chi connectivity index (χ1) is 7.14. The Hall–Kier alpha value is -0.900. The van der Waals surface area contributed by atoms with E-state index in [0.717, 1.165) is 32.5 Å². The molecule has 4 heteroatoms. The van der Waals surface area contributed by atoms with Crippen molar-refractivity contribution in [2.45, 2.75) is 38.1 Å². The van der Waals surface area contributed by atoms with Gasteiger partial charge in [-0.15, -0.1) is 0 Å². The van der Waals surface area contributed by atoms with E-state index in [2.05, 4.69) is 0 Å². The topological polar surface area (TPSA) is 54.4 Å². The van der Waals surface area contributed by atoms with Gasteiger partial charge >= 0.3 is 5.97 Å². The maximum Gasteiger partial charge on any atom is 0.363 e. The average Bonchev–Trinajstić information content (AvgIpc) is 2.23. The van der Waals surface area contributed by atoms with Gasteiger partial charge in [0.2, 0.25) is 0 Å². The van der Waals surface area contributed by atoms with Crippen LogP contribution in [0.15, 0.2) is 0 Å². The number of aliphatic carboxylic acids is 1. The summed E-state index contributed by atoms with van der Waals surface area (Å²) in [6.45, 7) is 2.64. The number of piperidine rings is 2. The van der Waals surface area contributed by atoms with Crippen molar-refractivity contribution in [2.24, 2.45) is 0 Å². The molecule has 1 atom stereocenters. The largest absolute Gasteiger partial charge is 0.477 e. The molecule has 0 saturated carbocycles. The third-order valence-electron chi connectivity index (χ3n) is 3.91. The molecule has 0 aromatic carbocycles. The van der Waals surface area contributed by atoms with Crippen molar-refractivity contribution in [2.75, 3.05) is 19.6 Å². The van der Waals surface area contributed by atoms with Crippen LogP contribution in [0.2, 0.25) is 0 Å². The summed E-state index contributed by atoms with van der Waals surface area (Å²) < 4.78 is 0.668. The number of Topliss-reactive ketones (excluding diaryl/α,β-unsaturated/α-hetero) is 1. The van der Waals surface area contributed by atoms with Gasteiger partial charge in [-0.2, -0.15) is 0 Å². The number of nitrogens with zero attached hydrogens (tertiary/aromatic N) is 1. The van der Waals surface area contributed by atoms with E-state index in [4.69, 9.17) is 0 Å². The smallest absolute Gasteiger partial charge is 0.363 e. The zero-order chi connectivity index (χ0) is 10.9. The van der Waals surface area contributed by atoms with Crippen LogP contribution >= 0.6 is 0 Å². The predicted molar refractivity (Wildman–Crippen MR) is 54.4 cm³/mol. The summed E-state index contributed by atoms with van der Waals surface area (Å²) in [5.41, 5.74) is 0. The lowest BCUT2D eigenvalue weighted by molar-refractivity contribution is -0.948. The number of ketones is 1. The first-order valence-electron chi connectivity index (χ1n) is 5.74. The molecule has 2 aliphatic rings. The summed E-state index contributed by atoms with van der Waals surface area (Å²) >= 11 is 0. The number of carboxylic acid groups (broad SMARTS) is 1. The number of carbonyl (C=O) groups excluding carboxylic acids is 1. The molecular weight excluding hydrogens is 194 g/mol. The maximum atomic E-state index is 11.3. The van der Waals surface area contributed by atoms with E-state index in [0.29, 0.717) is 10.9 Å². The molecule has 2 aliphatic heterocycles. The van der Waals surface area contributed by atoms with Crippen LogP contribution in [0.1, 0.15) is 32.1 Å². The Balaban J connectivity index is 2.19. The van der Waals surface area contributed by atoms with Crippen LogP contribution in [0.3, 0.4) is 0 Å². The minimum absolute atomic E-state index is 0.122. The lowest BCUT2D eigenvalue weighted by Gasteiger charge is -2.47. The van der Waals surface area contributed by atoms with Crippen molar-refractivity contribution in [3.8, 4) is 0 Å². The molecule has 1 N–H and O–H groups in total. The molecule has 0 radical (unpaired) electrons. The van der Waals surface area contributed by atoms with Crippen LogP contribution in [0, 0.1) is 0 Å². The number of hydrogen-bond donors (Lipinski definition) is 1. The molecule has 2 saturated heterocycles. The lowest BCUT2D eigenvalue weighted by Crippen LogP contribution is -2.64. The molecule has 4 nitrogen and oxygen atoms in total. The Labute approximate surface area is 89.5 Å². The highest BCUT2D eigenvalue weighted by molar-refractivity contribution is 5.86. The van der Waals surface area contributed by atoms with Crippen molar-refractivity contribution in [1.29, 1.82) is 0 Å². The van der Waals surface area contributed by atoms with Crippen LogP contribution in [0.4, 0.5) is 0 Å². The molecule has 0 aliphatic carbocycles. The van der Waals surface area contributed by atoms with Gasteiger partial charge in [-0.1, -0.05) is 0 Å². The van der Waals surface area contributed by atoms with E-state index in [1.807, 2.05) is 0 Å². The Morgan fingerprint density at radius 1 is 1.20 bits per heavy atom. The second kappa shape index (κ2) is 3.93. The van der Waals surface area contributed by atoms with Crippen LogP contribution in [0.5, 0.6) is 0 Å². The standard InChI is InChI=1S/C11H17NO3/c13-9-4-7-12(5-2-1-3-6-12)10(8-9)11(14)15/h10H,1-8H2/p+1. The Morgan fingerprint density at radius 3 is 2.47 bits per heavy atom. The molecule has 84 valence electrons. The maximum absolute atomic E-state index is 11.3. The van der Waals surface area contributed by atoms with Crippen molar-refractivity contribution < 1.29 is 19.2 Å². The minimum atomic E-state index is -0.787. The molecule has 0 aromatic rings. The number of rotatable bonds is 1. The van der Waals surface area contributed by atoms with Gasteiger partial charge in [0.05, 0.1) is 32.5 Å². The molecule has 1 unspecified atom stereocenters. The molecule has 2 heterocycles. The molecule has 0 aromatic heterocycles. The highest BCUT2D eigenvalue weighted by Crippen LogP contribution is 2.29. The van der Waals surface area contributed by atoms with Gasteiger partial charge in [0.25, 0.3) is 0 Å². The molecule has 2 fully saturated rings. The van der Waals surface area contributed by atoms with Gasteiger partial charge in [-0.25, -0.2) is 4.79 Å². The molecule has 1 spiro atoms. The van der Waals surface area contributed by atoms with E-state index in [1.165, 1.54) is 6.42 Å². The molecule has 0 bridgehead atoms. The molecule has 15 heavy (non-hydrogen) atoms. The molecular formula is C11H18NO3+. The second-order valence-electron chi connectivity index (χ2n) is 4.80. The molecule has 0 amide bonds. The van der Waals surface area contributed by atoms with E-state index in [9.17, 15) is 14.7 Å². The Morgan fingerprint density at radius 2 is 1.87 bits per heavy atom. The van der Waals surface area contributed by atoms with Crippen LogP contribution < -0.4 is 0 Å². The quantitative estimate of drug-likeness (QED) is 0.654. The lowest BCUT2D eigenvalue weighted by atomic mass is 9.93. The summed E-state index contributed by atoms with van der Waals surface area (Å²) in [4.78, 5) is 22.5. The van der Waals surface area contributed by atoms with Gasteiger partial charge in [0, 0.05) is 0 Å². The van der Waals surface area contributed by atoms with Crippen molar-refractivity contribution in [3.63, 3.8) is 0 Å². The number of carboxylic acids is 1. The average molecular weight is 212 g/mol. The van der Waals surface area contributed by atoms with E-state index in [-0.39, 0.29) is 12.2 Å². The van der Waals surface area contributed by atoms with Gasteiger partial charge in [0.1, 0.15) is 5.78 Å². The fourth-order valence-electron chi connectivity index (χ4n) is 3.01. The summed E-state index contributed by atoms with van der Waals surface area (Å²) in [6.07, 6.45) is 4.25. The van der Waals surface area contributed by atoms with Crippen molar-refractivity contribution in [1.82, 2.24) is 0 Å². The van der Waals surface area contributed by atoms with Gasteiger partial charge in [-0.05, 0) is 19.3 Å². The highest BCUT2D eigenvalue weighted by atomic mass is 16.4. The van der Waals surface area contributed by atoms with Gasteiger partial charge in [0.15, 0.2) is 6.04 Å². The summed E-state index contributed by atoms with van der Waals surface area (Å²) in [7, 11) is 0. The summed E-state index contributed by atoms with van der Waals surface area (Å²) in [5.74, 6) is -0.665. The fourth-order valence-corrected chi connectivity index (χ4v) is 3.01. The number of quaternary nitrogens is 1. The number of carbonyl (C=O) groups is 2. The monoisotopic (exact) mass is 212 g/mol. The van der Waals surface area contributed by atoms with Crippen molar-refractivity contribution in [3.05, 3.63) is 0 Å². The minimum Gasteiger partial charge on any atom is -0.477 e. The van der Waals surface area contributed by atoms with Crippen LogP contribution in [0.25, 0.3) is 0 Å².